The highest BCUT2D eigenvalue weighted by Gasteiger charge is 2.19. The van der Waals surface area contributed by atoms with Crippen molar-refractivity contribution < 1.29 is 0 Å². The predicted molar refractivity (Wildman–Crippen MR) is 64.4 cm³/mol. The Morgan fingerprint density at radius 2 is 1.86 bits per heavy atom. The summed E-state index contributed by atoms with van der Waals surface area (Å²) < 4.78 is 0. The summed E-state index contributed by atoms with van der Waals surface area (Å²) in [6.45, 7) is 15.5. The van der Waals surface area contributed by atoms with E-state index in [1.54, 1.807) is 0 Å². The van der Waals surface area contributed by atoms with E-state index < -0.39 is 0 Å². The van der Waals surface area contributed by atoms with Crippen molar-refractivity contribution in [2.75, 3.05) is 26.2 Å². The molecule has 0 bridgehead atoms. The summed E-state index contributed by atoms with van der Waals surface area (Å²) in [5.41, 5.74) is 6.00. The molecule has 0 spiro atoms. The van der Waals surface area contributed by atoms with Gasteiger partial charge in [-0.05, 0) is 37.4 Å². The Morgan fingerprint density at radius 3 is 2.21 bits per heavy atom. The predicted octanol–water partition coefficient (Wildman–Crippen LogP) is 2.34. The third kappa shape index (κ3) is 6.39. The summed E-state index contributed by atoms with van der Waals surface area (Å²) >= 11 is 0. The number of hydrogen-bond donors (Lipinski definition) is 1. The molecule has 0 aromatic rings. The molecular weight excluding hydrogens is 172 g/mol. The van der Waals surface area contributed by atoms with E-state index in [0.29, 0.717) is 0 Å². The van der Waals surface area contributed by atoms with Crippen molar-refractivity contribution in [2.45, 2.75) is 41.0 Å². The van der Waals surface area contributed by atoms with Crippen LogP contribution < -0.4 is 5.73 Å². The van der Waals surface area contributed by atoms with Gasteiger partial charge in [-0.25, -0.2) is 0 Å². The molecule has 86 valence electrons. The Bertz CT molecular complexity index is 141. The van der Waals surface area contributed by atoms with Crippen LogP contribution in [-0.4, -0.2) is 31.1 Å². The molecule has 2 nitrogen and oxygen atoms in total. The first kappa shape index (κ1) is 13.9. The maximum Gasteiger partial charge on any atom is 0.00446 e. The van der Waals surface area contributed by atoms with Gasteiger partial charge in [0.25, 0.3) is 0 Å². The lowest BCUT2D eigenvalue weighted by molar-refractivity contribution is 0.182. The molecule has 0 saturated carbocycles. The van der Waals surface area contributed by atoms with Crippen molar-refractivity contribution in [2.24, 2.45) is 17.1 Å². The van der Waals surface area contributed by atoms with Crippen LogP contribution in [0.2, 0.25) is 0 Å². The van der Waals surface area contributed by atoms with Gasteiger partial charge in [0, 0.05) is 6.54 Å². The molecule has 0 aromatic heterocycles. The molecule has 0 heterocycles. The van der Waals surface area contributed by atoms with Gasteiger partial charge < -0.3 is 10.6 Å². The highest BCUT2D eigenvalue weighted by Crippen LogP contribution is 2.15. The zero-order valence-corrected chi connectivity index (χ0v) is 10.6. The van der Waals surface area contributed by atoms with E-state index in [1.165, 1.54) is 13.0 Å². The van der Waals surface area contributed by atoms with Crippen LogP contribution in [-0.2, 0) is 0 Å². The van der Waals surface area contributed by atoms with Gasteiger partial charge in [0.2, 0.25) is 0 Å². The van der Waals surface area contributed by atoms with E-state index in [0.717, 1.165) is 25.6 Å². The van der Waals surface area contributed by atoms with Crippen LogP contribution in [0.4, 0.5) is 0 Å². The van der Waals surface area contributed by atoms with Crippen molar-refractivity contribution in [3.05, 3.63) is 0 Å². The highest BCUT2D eigenvalue weighted by molar-refractivity contribution is 4.74. The fourth-order valence-electron chi connectivity index (χ4n) is 1.46. The first-order valence-electron chi connectivity index (χ1n) is 5.83. The smallest absolute Gasteiger partial charge is 0.00446 e. The van der Waals surface area contributed by atoms with Crippen molar-refractivity contribution in [3.8, 4) is 0 Å². The van der Waals surface area contributed by atoms with Gasteiger partial charge in [0.1, 0.15) is 0 Å². The Kier molecular flexibility index (Phi) is 6.38. The van der Waals surface area contributed by atoms with Crippen LogP contribution in [0.25, 0.3) is 0 Å². The van der Waals surface area contributed by atoms with Gasteiger partial charge >= 0.3 is 0 Å². The first-order valence-corrected chi connectivity index (χ1v) is 5.83. The lowest BCUT2D eigenvalue weighted by Gasteiger charge is -2.31. The molecule has 0 aromatic carbocycles. The zero-order chi connectivity index (χ0) is 11.2. The number of rotatable bonds is 7. The van der Waals surface area contributed by atoms with E-state index in [9.17, 15) is 0 Å². The van der Waals surface area contributed by atoms with E-state index >= 15 is 0 Å². The fourth-order valence-corrected chi connectivity index (χ4v) is 1.46. The molecule has 0 aliphatic heterocycles. The van der Waals surface area contributed by atoms with E-state index in [-0.39, 0.29) is 5.41 Å². The molecule has 0 aliphatic carbocycles. The summed E-state index contributed by atoms with van der Waals surface area (Å²) in [7, 11) is 0. The molecule has 0 aliphatic rings. The Balaban J connectivity index is 3.90. The van der Waals surface area contributed by atoms with Gasteiger partial charge in [-0.1, -0.05) is 34.6 Å². The maximum absolute atomic E-state index is 5.74. The first-order chi connectivity index (χ1) is 6.41. The minimum Gasteiger partial charge on any atom is -0.330 e. The Morgan fingerprint density at radius 1 is 1.29 bits per heavy atom. The molecule has 2 heteroatoms. The molecule has 0 saturated heterocycles. The average Bonchev–Trinajstić information content (AvgIpc) is 2.12. The van der Waals surface area contributed by atoms with Gasteiger partial charge in [-0.3, -0.25) is 0 Å². The normalized spacial score (nSPS) is 12.9. The fraction of sp³-hybridized carbons (Fsp3) is 1.00. The number of nitrogens with zero attached hydrogens (tertiary/aromatic N) is 1. The van der Waals surface area contributed by atoms with Crippen molar-refractivity contribution in [1.29, 1.82) is 0 Å². The second kappa shape index (κ2) is 6.41. The maximum atomic E-state index is 5.74. The van der Waals surface area contributed by atoms with Gasteiger partial charge in [0.05, 0.1) is 0 Å². The number of nitrogens with two attached hydrogens (primary N) is 1. The monoisotopic (exact) mass is 200 g/mol. The quantitative estimate of drug-likeness (QED) is 0.683. The Hall–Kier alpha value is -0.0800. The Labute approximate surface area is 89.9 Å². The third-order valence-electron chi connectivity index (χ3n) is 2.67. The molecule has 0 unspecified atom stereocenters. The number of hydrogen-bond acceptors (Lipinski definition) is 2. The molecule has 0 rings (SSSR count). The molecule has 2 N–H and O–H groups in total. The molecule has 0 radical (unpaired) electrons. The van der Waals surface area contributed by atoms with Crippen LogP contribution >= 0.6 is 0 Å². The molecule has 14 heavy (non-hydrogen) atoms. The minimum atomic E-state index is 0.257. The van der Waals surface area contributed by atoms with Crippen LogP contribution in [0.3, 0.4) is 0 Å². The van der Waals surface area contributed by atoms with Crippen molar-refractivity contribution in [1.82, 2.24) is 4.90 Å². The lowest BCUT2D eigenvalue weighted by Crippen LogP contribution is -2.39. The van der Waals surface area contributed by atoms with E-state index in [2.05, 4.69) is 39.5 Å². The minimum absolute atomic E-state index is 0.257. The summed E-state index contributed by atoms with van der Waals surface area (Å²) in [6.07, 6.45) is 1.29. The second-order valence-corrected chi connectivity index (χ2v) is 5.42. The van der Waals surface area contributed by atoms with Crippen molar-refractivity contribution >= 4 is 0 Å². The van der Waals surface area contributed by atoms with Gasteiger partial charge in [-0.2, -0.15) is 0 Å². The van der Waals surface area contributed by atoms with Crippen LogP contribution in [0.15, 0.2) is 0 Å². The summed E-state index contributed by atoms with van der Waals surface area (Å²) in [4.78, 5) is 2.51. The third-order valence-corrected chi connectivity index (χ3v) is 2.67. The van der Waals surface area contributed by atoms with Gasteiger partial charge in [-0.15, -0.1) is 0 Å². The highest BCUT2D eigenvalue weighted by atomic mass is 15.1. The molecule has 0 atom stereocenters. The van der Waals surface area contributed by atoms with E-state index in [1.807, 2.05) is 0 Å². The summed E-state index contributed by atoms with van der Waals surface area (Å²) in [5.74, 6) is 0.796. The second-order valence-electron chi connectivity index (χ2n) is 5.42. The SMILES string of the molecule is CCN(CCC(C)C)CC(C)(C)CN. The van der Waals surface area contributed by atoms with Gasteiger partial charge in [0.15, 0.2) is 0 Å². The molecule has 0 amide bonds. The topological polar surface area (TPSA) is 29.3 Å². The zero-order valence-electron chi connectivity index (χ0n) is 10.6. The van der Waals surface area contributed by atoms with Crippen LogP contribution in [0.1, 0.15) is 41.0 Å². The molecular formula is C12H28N2. The van der Waals surface area contributed by atoms with Crippen LogP contribution in [0.5, 0.6) is 0 Å². The summed E-state index contributed by atoms with van der Waals surface area (Å²) in [5, 5.41) is 0. The van der Waals surface area contributed by atoms with Crippen LogP contribution in [0, 0.1) is 11.3 Å². The standard InChI is InChI=1S/C12H28N2/c1-6-14(8-7-11(2)3)10-12(4,5)9-13/h11H,6-10,13H2,1-5H3. The molecule has 0 fully saturated rings. The average molecular weight is 200 g/mol. The largest absolute Gasteiger partial charge is 0.330 e. The van der Waals surface area contributed by atoms with E-state index in [4.69, 9.17) is 5.73 Å². The van der Waals surface area contributed by atoms with Crippen molar-refractivity contribution in [3.63, 3.8) is 0 Å². The lowest BCUT2D eigenvalue weighted by atomic mass is 9.93. The summed E-state index contributed by atoms with van der Waals surface area (Å²) in [6, 6.07) is 0.